The van der Waals surface area contributed by atoms with Crippen LogP contribution in [0, 0.1) is 0 Å². The van der Waals surface area contributed by atoms with Gasteiger partial charge in [0.2, 0.25) is 0 Å². The van der Waals surface area contributed by atoms with Crippen LogP contribution in [-0.2, 0) is 4.74 Å². The summed E-state index contributed by atoms with van der Waals surface area (Å²) in [6, 6.07) is 15.4. The number of amides is 1. The van der Waals surface area contributed by atoms with E-state index in [-0.39, 0.29) is 11.7 Å². The highest BCUT2D eigenvalue weighted by atomic mass is 16.5. The molecule has 0 aliphatic rings. The van der Waals surface area contributed by atoms with Crippen molar-refractivity contribution in [2.75, 3.05) is 6.61 Å². The molecular formula is C20H17N3O4. The number of hydrogen-bond acceptors (Lipinski definition) is 6. The maximum atomic E-state index is 11.8. The van der Waals surface area contributed by atoms with Gasteiger partial charge in [0.15, 0.2) is 0 Å². The van der Waals surface area contributed by atoms with E-state index in [1.807, 2.05) is 0 Å². The first-order valence-electron chi connectivity index (χ1n) is 8.29. The molecule has 3 rings (SSSR count). The molecule has 136 valence electrons. The van der Waals surface area contributed by atoms with Gasteiger partial charge in [0.05, 0.1) is 18.4 Å². The SMILES string of the molecule is CCOC(=O)c1ccc(-c2ccc(C=NNC(=O)c3ccccn3)o2)cc1. The fourth-order valence-corrected chi connectivity index (χ4v) is 2.27. The minimum Gasteiger partial charge on any atom is -0.462 e. The average Bonchev–Trinajstić information content (AvgIpc) is 3.18. The van der Waals surface area contributed by atoms with Crippen molar-refractivity contribution in [1.82, 2.24) is 10.4 Å². The first-order chi connectivity index (χ1) is 13.2. The molecule has 0 unspecified atom stereocenters. The molecule has 1 amide bonds. The molecule has 0 saturated carbocycles. The molecule has 0 aliphatic heterocycles. The third-order valence-electron chi connectivity index (χ3n) is 3.56. The second kappa shape index (κ2) is 8.57. The van der Waals surface area contributed by atoms with Crippen molar-refractivity contribution in [3.8, 4) is 11.3 Å². The van der Waals surface area contributed by atoms with E-state index in [0.717, 1.165) is 5.56 Å². The number of carbonyl (C=O) groups is 2. The van der Waals surface area contributed by atoms with E-state index < -0.39 is 5.91 Å². The van der Waals surface area contributed by atoms with Gasteiger partial charge in [0, 0.05) is 11.8 Å². The summed E-state index contributed by atoms with van der Waals surface area (Å²) in [7, 11) is 0. The van der Waals surface area contributed by atoms with E-state index in [4.69, 9.17) is 9.15 Å². The predicted molar refractivity (Wildman–Crippen MR) is 99.4 cm³/mol. The predicted octanol–water partition coefficient (Wildman–Crippen LogP) is 3.28. The molecule has 7 nitrogen and oxygen atoms in total. The summed E-state index contributed by atoms with van der Waals surface area (Å²) in [5, 5.41) is 3.86. The fraction of sp³-hybridized carbons (Fsp3) is 0.100. The second-order valence-electron chi connectivity index (χ2n) is 5.41. The van der Waals surface area contributed by atoms with E-state index in [9.17, 15) is 9.59 Å². The third-order valence-corrected chi connectivity index (χ3v) is 3.56. The highest BCUT2D eigenvalue weighted by molar-refractivity contribution is 5.93. The molecule has 7 heteroatoms. The van der Waals surface area contributed by atoms with Crippen molar-refractivity contribution in [3.63, 3.8) is 0 Å². The van der Waals surface area contributed by atoms with Gasteiger partial charge in [0.1, 0.15) is 17.2 Å². The summed E-state index contributed by atoms with van der Waals surface area (Å²) in [5.74, 6) is 0.317. The smallest absolute Gasteiger partial charge is 0.338 e. The first kappa shape index (κ1) is 18.1. The largest absolute Gasteiger partial charge is 0.462 e. The lowest BCUT2D eigenvalue weighted by atomic mass is 10.1. The lowest BCUT2D eigenvalue weighted by Gasteiger charge is -2.02. The summed E-state index contributed by atoms with van der Waals surface area (Å²) in [5.41, 5.74) is 3.94. The van der Waals surface area contributed by atoms with Crippen LogP contribution in [0.3, 0.4) is 0 Å². The van der Waals surface area contributed by atoms with E-state index in [1.165, 1.54) is 12.4 Å². The number of hydrogen-bond donors (Lipinski definition) is 1. The zero-order valence-electron chi connectivity index (χ0n) is 14.6. The number of nitrogens with zero attached hydrogens (tertiary/aromatic N) is 2. The van der Waals surface area contributed by atoms with E-state index in [1.54, 1.807) is 61.5 Å². The standard InChI is InChI=1S/C20H17N3O4/c1-2-26-20(25)15-8-6-14(7-9-15)18-11-10-16(27-18)13-22-23-19(24)17-5-3-4-12-21-17/h3-13H,2H2,1H3,(H,23,24). The molecule has 0 bridgehead atoms. The maximum Gasteiger partial charge on any atom is 0.338 e. The van der Waals surface area contributed by atoms with Gasteiger partial charge < -0.3 is 9.15 Å². The molecule has 0 atom stereocenters. The van der Waals surface area contributed by atoms with Gasteiger partial charge >= 0.3 is 5.97 Å². The van der Waals surface area contributed by atoms with Crippen LogP contribution in [0.15, 0.2) is 70.3 Å². The summed E-state index contributed by atoms with van der Waals surface area (Å²) >= 11 is 0. The van der Waals surface area contributed by atoms with Crippen LogP contribution in [0.5, 0.6) is 0 Å². The van der Waals surface area contributed by atoms with Crippen LogP contribution in [0.25, 0.3) is 11.3 Å². The van der Waals surface area contributed by atoms with E-state index in [2.05, 4.69) is 15.5 Å². The average molecular weight is 363 g/mol. The number of furan rings is 1. The first-order valence-corrected chi connectivity index (χ1v) is 8.29. The van der Waals surface area contributed by atoms with Gasteiger partial charge in [-0.25, -0.2) is 10.2 Å². The third kappa shape index (κ3) is 4.66. The zero-order valence-corrected chi connectivity index (χ0v) is 14.6. The van der Waals surface area contributed by atoms with Gasteiger partial charge in [-0.2, -0.15) is 5.10 Å². The van der Waals surface area contributed by atoms with Gasteiger partial charge in [0.25, 0.3) is 5.91 Å². The number of benzene rings is 1. The summed E-state index contributed by atoms with van der Waals surface area (Å²) in [6.45, 7) is 2.09. The molecule has 1 aromatic carbocycles. The molecular weight excluding hydrogens is 346 g/mol. The van der Waals surface area contributed by atoms with E-state index in [0.29, 0.717) is 23.7 Å². The minimum atomic E-state index is -0.409. The summed E-state index contributed by atoms with van der Waals surface area (Å²) in [6.07, 6.45) is 2.93. The lowest BCUT2D eigenvalue weighted by Crippen LogP contribution is -2.18. The van der Waals surface area contributed by atoms with Crippen molar-refractivity contribution >= 4 is 18.1 Å². The molecule has 0 aliphatic carbocycles. The number of pyridine rings is 1. The Kier molecular flexibility index (Phi) is 5.73. The molecule has 1 N–H and O–H groups in total. The summed E-state index contributed by atoms with van der Waals surface area (Å²) < 4.78 is 10.6. The van der Waals surface area contributed by atoms with E-state index >= 15 is 0 Å². The number of carbonyl (C=O) groups excluding carboxylic acids is 2. The Labute approximate surface area is 155 Å². The van der Waals surface area contributed by atoms with Gasteiger partial charge in [-0.05, 0) is 43.3 Å². The number of rotatable bonds is 6. The van der Waals surface area contributed by atoms with Crippen LogP contribution >= 0.6 is 0 Å². The fourth-order valence-electron chi connectivity index (χ4n) is 2.27. The Hall–Kier alpha value is -3.74. The molecule has 27 heavy (non-hydrogen) atoms. The molecule has 0 fully saturated rings. The Morgan fingerprint density at radius 1 is 1.15 bits per heavy atom. The summed E-state index contributed by atoms with van der Waals surface area (Å²) in [4.78, 5) is 27.4. The number of aromatic nitrogens is 1. The van der Waals surface area contributed by atoms with Crippen LogP contribution in [0.2, 0.25) is 0 Å². The van der Waals surface area contributed by atoms with Crippen LogP contribution in [0.1, 0.15) is 33.5 Å². The molecule has 3 aromatic rings. The Morgan fingerprint density at radius 2 is 1.96 bits per heavy atom. The maximum absolute atomic E-state index is 11.8. The van der Waals surface area contributed by atoms with Crippen LogP contribution < -0.4 is 5.43 Å². The van der Waals surface area contributed by atoms with Crippen molar-refractivity contribution < 1.29 is 18.7 Å². The molecule has 2 aromatic heterocycles. The second-order valence-corrected chi connectivity index (χ2v) is 5.41. The van der Waals surface area contributed by atoms with Gasteiger partial charge in [-0.3, -0.25) is 9.78 Å². The lowest BCUT2D eigenvalue weighted by molar-refractivity contribution is 0.0526. The zero-order chi connectivity index (χ0) is 19.1. The monoisotopic (exact) mass is 363 g/mol. The Bertz CT molecular complexity index is 947. The van der Waals surface area contributed by atoms with Crippen LogP contribution in [-0.4, -0.2) is 29.7 Å². The number of ether oxygens (including phenoxy) is 1. The quantitative estimate of drug-likeness (QED) is 0.412. The Morgan fingerprint density at radius 3 is 2.67 bits per heavy atom. The molecule has 0 radical (unpaired) electrons. The topological polar surface area (TPSA) is 93.8 Å². The van der Waals surface area contributed by atoms with Gasteiger partial charge in [-0.1, -0.05) is 18.2 Å². The highest BCUT2D eigenvalue weighted by Crippen LogP contribution is 2.22. The van der Waals surface area contributed by atoms with Crippen molar-refractivity contribution in [2.45, 2.75) is 6.92 Å². The van der Waals surface area contributed by atoms with Crippen molar-refractivity contribution in [2.24, 2.45) is 5.10 Å². The molecule has 0 spiro atoms. The Balaban J connectivity index is 1.63. The number of esters is 1. The van der Waals surface area contributed by atoms with Crippen molar-refractivity contribution in [3.05, 3.63) is 77.8 Å². The number of nitrogens with one attached hydrogen (secondary N) is 1. The van der Waals surface area contributed by atoms with Crippen molar-refractivity contribution in [1.29, 1.82) is 0 Å². The van der Waals surface area contributed by atoms with Gasteiger partial charge in [-0.15, -0.1) is 0 Å². The minimum absolute atomic E-state index is 0.275. The highest BCUT2D eigenvalue weighted by Gasteiger charge is 2.08. The van der Waals surface area contributed by atoms with Crippen LogP contribution in [0.4, 0.5) is 0 Å². The normalized spacial score (nSPS) is 10.7. The number of hydrazone groups is 1. The molecule has 0 saturated heterocycles. The molecule has 2 heterocycles.